The third kappa shape index (κ3) is 2.74. The second-order valence-electron chi connectivity index (χ2n) is 2.75. The number of benzene rings is 1. The highest BCUT2D eigenvalue weighted by Crippen LogP contribution is 2.11. The first-order valence-corrected chi connectivity index (χ1v) is 4.37. The molecule has 2 N–H and O–H groups in total. The Labute approximate surface area is 83.3 Å². The number of hydrogen-bond donors (Lipinski definition) is 2. The van der Waals surface area contributed by atoms with Crippen LogP contribution in [0.2, 0.25) is 0 Å². The van der Waals surface area contributed by atoms with E-state index in [1.807, 2.05) is 0 Å². The molecule has 0 spiro atoms. The van der Waals surface area contributed by atoms with E-state index in [0.717, 1.165) is 5.75 Å². The maximum atomic E-state index is 11.2. The van der Waals surface area contributed by atoms with Gasteiger partial charge in [0.15, 0.2) is 0 Å². The van der Waals surface area contributed by atoms with Crippen molar-refractivity contribution in [3.05, 3.63) is 29.8 Å². The van der Waals surface area contributed by atoms with Gasteiger partial charge in [-0.15, -0.1) is 0 Å². The molecule has 1 rings (SSSR count). The van der Waals surface area contributed by atoms with Crippen molar-refractivity contribution in [1.82, 2.24) is 10.6 Å². The lowest BCUT2D eigenvalue weighted by atomic mass is 10.2. The van der Waals surface area contributed by atoms with Crippen molar-refractivity contribution in [3.8, 4) is 5.75 Å². The lowest BCUT2D eigenvalue weighted by molar-refractivity contribution is 0.0963. The van der Waals surface area contributed by atoms with Crippen molar-refractivity contribution in [2.75, 3.05) is 20.8 Å². The van der Waals surface area contributed by atoms with Gasteiger partial charge in [-0.3, -0.25) is 10.1 Å². The lowest BCUT2D eigenvalue weighted by Gasteiger charge is -2.05. The number of amides is 1. The second-order valence-corrected chi connectivity index (χ2v) is 2.75. The Bertz CT molecular complexity index is 295. The average molecular weight is 194 g/mol. The minimum Gasteiger partial charge on any atom is -0.478 e. The van der Waals surface area contributed by atoms with E-state index in [0.29, 0.717) is 12.3 Å². The maximum absolute atomic E-state index is 11.2. The summed E-state index contributed by atoms with van der Waals surface area (Å²) >= 11 is 0. The zero-order valence-electron chi connectivity index (χ0n) is 8.33. The smallest absolute Gasteiger partial charge is 0.251 e. The Kier molecular flexibility index (Phi) is 3.94. The topological polar surface area (TPSA) is 50.4 Å². The molecule has 0 fully saturated rings. The molecule has 0 bridgehead atoms. The summed E-state index contributed by atoms with van der Waals surface area (Å²) < 4.78 is 5.28. The molecule has 0 aliphatic carbocycles. The van der Waals surface area contributed by atoms with Crippen molar-refractivity contribution in [3.63, 3.8) is 0 Å². The van der Waals surface area contributed by atoms with Crippen LogP contribution in [-0.2, 0) is 0 Å². The molecule has 0 radical (unpaired) electrons. The minimum absolute atomic E-state index is 0.0924. The molecular formula is C10H14N2O2. The fourth-order valence-corrected chi connectivity index (χ4v) is 1.00. The van der Waals surface area contributed by atoms with Crippen LogP contribution >= 0.6 is 0 Å². The highest BCUT2D eigenvalue weighted by Gasteiger charge is 2.01. The van der Waals surface area contributed by atoms with Gasteiger partial charge in [-0.25, -0.2) is 0 Å². The van der Waals surface area contributed by atoms with E-state index in [4.69, 9.17) is 4.74 Å². The van der Waals surface area contributed by atoms with Crippen LogP contribution in [0.25, 0.3) is 0 Å². The zero-order valence-corrected chi connectivity index (χ0v) is 8.33. The van der Waals surface area contributed by atoms with Crippen LogP contribution in [-0.4, -0.2) is 26.7 Å². The Morgan fingerprint density at radius 1 is 1.29 bits per heavy atom. The number of carbonyl (C=O) groups excluding carboxylic acids is 1. The van der Waals surface area contributed by atoms with E-state index < -0.39 is 0 Å². The van der Waals surface area contributed by atoms with Crippen LogP contribution < -0.4 is 15.4 Å². The molecule has 1 amide bonds. The van der Waals surface area contributed by atoms with Gasteiger partial charge in [-0.2, -0.15) is 0 Å². The summed E-state index contributed by atoms with van der Waals surface area (Å²) in [6.45, 7) is 0.458. The molecule has 0 atom stereocenters. The molecular weight excluding hydrogens is 180 g/mol. The Morgan fingerprint density at radius 3 is 2.43 bits per heavy atom. The fourth-order valence-electron chi connectivity index (χ4n) is 1.00. The highest BCUT2D eigenvalue weighted by molar-refractivity contribution is 5.94. The predicted octanol–water partition coefficient (Wildman–Crippen LogP) is 0.602. The molecule has 1 aromatic carbocycles. The first kappa shape index (κ1) is 10.5. The lowest BCUT2D eigenvalue weighted by Crippen LogP contribution is -2.17. The summed E-state index contributed by atoms with van der Waals surface area (Å²) in [6.07, 6.45) is 0. The second kappa shape index (κ2) is 5.24. The van der Waals surface area contributed by atoms with Crippen molar-refractivity contribution in [1.29, 1.82) is 0 Å². The molecule has 0 aromatic heterocycles. The van der Waals surface area contributed by atoms with Gasteiger partial charge in [0.2, 0.25) is 0 Å². The minimum atomic E-state index is -0.0924. The molecule has 0 heterocycles. The molecule has 4 heteroatoms. The van der Waals surface area contributed by atoms with Gasteiger partial charge >= 0.3 is 0 Å². The standard InChI is InChI=1S/C10H14N2O2/c1-11-7-14-9-5-3-8(4-6-9)10(13)12-2/h3-6,11H,7H2,1-2H3,(H,12,13). The van der Waals surface area contributed by atoms with Gasteiger partial charge in [-0.1, -0.05) is 0 Å². The largest absolute Gasteiger partial charge is 0.478 e. The van der Waals surface area contributed by atoms with E-state index >= 15 is 0 Å². The monoisotopic (exact) mass is 194 g/mol. The van der Waals surface area contributed by atoms with Crippen molar-refractivity contribution in [2.24, 2.45) is 0 Å². The Balaban J connectivity index is 2.63. The first-order chi connectivity index (χ1) is 6.77. The molecule has 4 nitrogen and oxygen atoms in total. The van der Waals surface area contributed by atoms with Crippen LogP contribution in [0.1, 0.15) is 10.4 Å². The van der Waals surface area contributed by atoms with Gasteiger partial charge in [-0.05, 0) is 31.3 Å². The van der Waals surface area contributed by atoms with Crippen LogP contribution in [0.4, 0.5) is 0 Å². The summed E-state index contributed by atoms with van der Waals surface area (Å²) in [7, 11) is 3.41. The number of rotatable bonds is 4. The Hall–Kier alpha value is -1.55. The number of ether oxygens (including phenoxy) is 1. The van der Waals surface area contributed by atoms with Crippen LogP contribution in [0.3, 0.4) is 0 Å². The average Bonchev–Trinajstić information content (AvgIpc) is 2.26. The fraction of sp³-hybridized carbons (Fsp3) is 0.300. The third-order valence-corrected chi connectivity index (χ3v) is 1.73. The molecule has 0 aliphatic heterocycles. The molecule has 0 unspecified atom stereocenters. The summed E-state index contributed by atoms with van der Waals surface area (Å²) in [5.41, 5.74) is 0.629. The zero-order chi connectivity index (χ0) is 10.4. The molecule has 76 valence electrons. The van der Waals surface area contributed by atoms with Gasteiger partial charge in [0.1, 0.15) is 12.5 Å². The summed E-state index contributed by atoms with van der Waals surface area (Å²) in [5, 5.41) is 5.42. The predicted molar refractivity (Wildman–Crippen MR) is 54.4 cm³/mol. The molecule has 1 aromatic rings. The van der Waals surface area contributed by atoms with E-state index in [1.54, 1.807) is 38.4 Å². The third-order valence-electron chi connectivity index (χ3n) is 1.73. The Morgan fingerprint density at radius 2 is 1.93 bits per heavy atom. The van der Waals surface area contributed by atoms with E-state index in [-0.39, 0.29) is 5.91 Å². The molecule has 0 aliphatic rings. The van der Waals surface area contributed by atoms with Gasteiger partial charge in [0.25, 0.3) is 5.91 Å². The van der Waals surface area contributed by atoms with Gasteiger partial charge < -0.3 is 10.1 Å². The first-order valence-electron chi connectivity index (χ1n) is 4.37. The van der Waals surface area contributed by atoms with Crippen LogP contribution in [0.5, 0.6) is 5.75 Å². The van der Waals surface area contributed by atoms with Crippen molar-refractivity contribution < 1.29 is 9.53 Å². The maximum Gasteiger partial charge on any atom is 0.251 e. The van der Waals surface area contributed by atoms with Crippen molar-refractivity contribution >= 4 is 5.91 Å². The summed E-state index contributed by atoms with van der Waals surface area (Å²) in [4.78, 5) is 11.2. The number of carbonyl (C=O) groups is 1. The van der Waals surface area contributed by atoms with E-state index in [9.17, 15) is 4.79 Å². The number of nitrogens with one attached hydrogen (secondary N) is 2. The van der Waals surface area contributed by atoms with Crippen LogP contribution in [0.15, 0.2) is 24.3 Å². The quantitative estimate of drug-likeness (QED) is 0.690. The summed E-state index contributed by atoms with van der Waals surface area (Å²) in [6, 6.07) is 6.98. The van der Waals surface area contributed by atoms with E-state index in [1.165, 1.54) is 0 Å². The highest BCUT2D eigenvalue weighted by atomic mass is 16.5. The normalized spacial score (nSPS) is 9.57. The van der Waals surface area contributed by atoms with Crippen molar-refractivity contribution in [2.45, 2.75) is 0 Å². The van der Waals surface area contributed by atoms with E-state index in [2.05, 4.69) is 10.6 Å². The molecule has 0 saturated carbocycles. The van der Waals surface area contributed by atoms with Gasteiger partial charge in [0.05, 0.1) is 0 Å². The molecule has 0 saturated heterocycles. The SMILES string of the molecule is CNCOc1ccc(C(=O)NC)cc1. The number of hydrogen-bond acceptors (Lipinski definition) is 3. The van der Waals surface area contributed by atoms with Crippen LogP contribution in [0, 0.1) is 0 Å². The molecule has 14 heavy (non-hydrogen) atoms. The summed E-state index contributed by atoms with van der Waals surface area (Å²) in [5.74, 6) is 0.650. The van der Waals surface area contributed by atoms with Gasteiger partial charge in [0, 0.05) is 12.6 Å².